The zero-order chi connectivity index (χ0) is 16.6. The molecule has 4 heteroatoms. The Kier molecular flexibility index (Phi) is 4.47. The fraction of sp³-hybridized carbons (Fsp3) is 0.632. The number of aliphatic hydroxyl groups is 1. The first-order chi connectivity index (χ1) is 11.0. The maximum atomic E-state index is 12.6. The number of fused-ring (bicyclic) bond motifs is 2. The molecule has 0 aliphatic carbocycles. The van der Waals surface area contributed by atoms with Gasteiger partial charge in [0.05, 0.1) is 25.7 Å². The Bertz CT molecular complexity index is 559. The molecule has 0 aromatic heterocycles. The summed E-state index contributed by atoms with van der Waals surface area (Å²) in [5, 5.41) is 9.64. The van der Waals surface area contributed by atoms with Crippen LogP contribution in [0.5, 0.6) is 0 Å². The molecule has 2 aliphatic rings. The molecule has 0 spiro atoms. The average Bonchev–Trinajstić information content (AvgIpc) is 3.00. The Balaban J connectivity index is 1.72. The largest absolute Gasteiger partial charge is 0.455 e. The van der Waals surface area contributed by atoms with Crippen molar-refractivity contribution in [3.05, 3.63) is 35.9 Å². The van der Waals surface area contributed by atoms with Crippen molar-refractivity contribution in [3.8, 4) is 0 Å². The van der Waals surface area contributed by atoms with Gasteiger partial charge in [0.15, 0.2) is 6.10 Å². The van der Waals surface area contributed by atoms with Crippen molar-refractivity contribution in [1.29, 1.82) is 0 Å². The highest BCUT2D eigenvalue weighted by atomic mass is 16.5. The molecule has 23 heavy (non-hydrogen) atoms. The van der Waals surface area contributed by atoms with Gasteiger partial charge in [-0.05, 0) is 19.4 Å². The predicted octanol–water partition coefficient (Wildman–Crippen LogP) is 2.46. The van der Waals surface area contributed by atoms with Gasteiger partial charge in [-0.15, -0.1) is 0 Å². The van der Waals surface area contributed by atoms with Gasteiger partial charge in [-0.3, -0.25) is 4.79 Å². The molecule has 3 unspecified atom stereocenters. The molecule has 1 aromatic rings. The van der Waals surface area contributed by atoms with Crippen molar-refractivity contribution >= 4 is 5.97 Å². The molecule has 126 valence electrons. The molecule has 2 heterocycles. The maximum Gasteiger partial charge on any atom is 0.316 e. The van der Waals surface area contributed by atoms with Crippen LogP contribution in [0, 0.1) is 0 Å². The molecule has 0 saturated carbocycles. The number of carbonyl (C=O) groups is 1. The lowest BCUT2D eigenvalue weighted by Crippen LogP contribution is -2.55. The van der Waals surface area contributed by atoms with Crippen molar-refractivity contribution in [2.24, 2.45) is 0 Å². The fourth-order valence-electron chi connectivity index (χ4n) is 4.67. The summed E-state index contributed by atoms with van der Waals surface area (Å²) in [6.45, 7) is 4.31. The summed E-state index contributed by atoms with van der Waals surface area (Å²) in [4.78, 5) is 12.6. The quantitative estimate of drug-likeness (QED) is 0.670. The number of esters is 1. The van der Waals surface area contributed by atoms with E-state index >= 15 is 0 Å². The van der Waals surface area contributed by atoms with Crippen LogP contribution >= 0.6 is 0 Å². The maximum absolute atomic E-state index is 12.6. The first kappa shape index (κ1) is 16.5. The Hall–Kier alpha value is -1.39. The number of rotatable bonds is 5. The topological polar surface area (TPSA) is 46.5 Å². The highest BCUT2D eigenvalue weighted by molar-refractivity contribution is 5.78. The lowest BCUT2D eigenvalue weighted by Gasteiger charge is -2.39. The molecule has 2 saturated heterocycles. The van der Waals surface area contributed by atoms with E-state index in [1.54, 1.807) is 0 Å². The second-order valence-corrected chi connectivity index (χ2v) is 7.47. The summed E-state index contributed by atoms with van der Waals surface area (Å²) in [5.41, 5.74) is 0.823. The molecule has 5 atom stereocenters. The molecular formula is C19H28NO3+. The normalized spacial score (nSPS) is 33.9. The van der Waals surface area contributed by atoms with Crippen molar-refractivity contribution in [2.75, 3.05) is 13.7 Å². The number of hydrogen-bond acceptors (Lipinski definition) is 3. The summed E-state index contributed by atoms with van der Waals surface area (Å²) in [7, 11) is 2.31. The number of likely N-dealkylation sites (N-methyl/N-ethyl adjacent to an activating group) is 1. The van der Waals surface area contributed by atoms with E-state index in [2.05, 4.69) is 20.9 Å². The zero-order valence-electron chi connectivity index (χ0n) is 14.3. The zero-order valence-corrected chi connectivity index (χ0v) is 14.3. The van der Waals surface area contributed by atoms with Crippen LogP contribution in [0.3, 0.4) is 0 Å². The summed E-state index contributed by atoms with van der Waals surface area (Å²) < 4.78 is 6.90. The van der Waals surface area contributed by atoms with Crippen LogP contribution in [0.15, 0.2) is 30.3 Å². The summed E-state index contributed by atoms with van der Waals surface area (Å²) in [6, 6.07) is 11.0. The Morgan fingerprint density at radius 3 is 2.57 bits per heavy atom. The van der Waals surface area contributed by atoms with Crippen molar-refractivity contribution in [3.63, 3.8) is 0 Å². The second-order valence-electron chi connectivity index (χ2n) is 7.47. The molecule has 1 N–H and O–H groups in total. The van der Waals surface area contributed by atoms with E-state index in [1.165, 1.54) is 6.42 Å². The Labute approximate surface area is 138 Å². The van der Waals surface area contributed by atoms with Gasteiger partial charge < -0.3 is 14.3 Å². The molecule has 4 nitrogen and oxygen atoms in total. The SMILES string of the molecule is CC(C)[N@@+]1(C)C2CCC1[C@@H](OC(=O)C(CO)c1ccccc1)C2. The molecule has 2 bridgehead atoms. The number of hydrogen-bond donors (Lipinski definition) is 1. The van der Waals surface area contributed by atoms with Gasteiger partial charge in [0.2, 0.25) is 0 Å². The number of aliphatic hydroxyl groups excluding tert-OH is 1. The predicted molar refractivity (Wildman–Crippen MR) is 88.9 cm³/mol. The van der Waals surface area contributed by atoms with Crippen LogP contribution in [0.1, 0.15) is 44.6 Å². The van der Waals surface area contributed by atoms with Gasteiger partial charge in [0.25, 0.3) is 0 Å². The molecular weight excluding hydrogens is 290 g/mol. The van der Waals surface area contributed by atoms with E-state index in [0.29, 0.717) is 18.1 Å². The van der Waals surface area contributed by atoms with E-state index in [0.717, 1.165) is 22.9 Å². The van der Waals surface area contributed by atoms with Crippen LogP contribution in [-0.4, -0.2) is 53.4 Å². The van der Waals surface area contributed by atoms with Crippen LogP contribution in [0.2, 0.25) is 0 Å². The van der Waals surface area contributed by atoms with E-state index in [9.17, 15) is 9.90 Å². The van der Waals surface area contributed by atoms with E-state index in [-0.39, 0.29) is 18.7 Å². The Morgan fingerprint density at radius 2 is 2.00 bits per heavy atom. The summed E-state index contributed by atoms with van der Waals surface area (Å²) in [5.74, 6) is -0.861. The van der Waals surface area contributed by atoms with Crippen LogP contribution in [-0.2, 0) is 9.53 Å². The third-order valence-electron chi connectivity index (χ3n) is 6.28. The second kappa shape index (κ2) is 6.25. The first-order valence-electron chi connectivity index (χ1n) is 8.70. The monoisotopic (exact) mass is 318 g/mol. The van der Waals surface area contributed by atoms with Crippen LogP contribution in [0.25, 0.3) is 0 Å². The standard InChI is InChI=1S/C19H28NO3/c1-13(2)20(3)15-9-10-17(20)18(11-15)23-19(22)16(12-21)14-7-5-4-6-8-14/h4-8,13,15-18,21H,9-12H2,1-3H3/q+1/t15?,16?,17?,18-,20-/m0/s1. The van der Waals surface area contributed by atoms with Gasteiger partial charge in [0, 0.05) is 19.3 Å². The molecule has 1 aromatic carbocycles. The van der Waals surface area contributed by atoms with Gasteiger partial charge >= 0.3 is 5.97 Å². The van der Waals surface area contributed by atoms with Gasteiger partial charge in [-0.2, -0.15) is 0 Å². The third kappa shape index (κ3) is 2.68. The molecule has 2 fully saturated rings. The average molecular weight is 318 g/mol. The van der Waals surface area contributed by atoms with Crippen molar-refractivity contribution in [2.45, 2.75) is 63.3 Å². The Morgan fingerprint density at radius 1 is 1.30 bits per heavy atom. The molecule has 0 radical (unpaired) electrons. The number of carbonyl (C=O) groups excluding carboxylic acids is 1. The summed E-state index contributed by atoms with van der Waals surface area (Å²) in [6.07, 6.45) is 3.31. The number of ether oxygens (including phenoxy) is 1. The first-order valence-corrected chi connectivity index (χ1v) is 8.70. The van der Waals surface area contributed by atoms with Crippen molar-refractivity contribution < 1.29 is 19.1 Å². The molecule has 2 aliphatic heterocycles. The van der Waals surface area contributed by atoms with Gasteiger partial charge in [-0.1, -0.05) is 30.3 Å². The third-order valence-corrected chi connectivity index (χ3v) is 6.28. The number of quaternary nitrogens is 1. The van der Waals surface area contributed by atoms with Gasteiger partial charge in [-0.25, -0.2) is 0 Å². The highest BCUT2D eigenvalue weighted by Gasteiger charge is 2.59. The highest BCUT2D eigenvalue weighted by Crippen LogP contribution is 2.46. The minimum Gasteiger partial charge on any atom is -0.455 e. The van der Waals surface area contributed by atoms with E-state index < -0.39 is 5.92 Å². The summed E-state index contributed by atoms with van der Waals surface area (Å²) >= 11 is 0. The van der Waals surface area contributed by atoms with Crippen LogP contribution < -0.4 is 0 Å². The number of benzene rings is 1. The number of nitrogens with zero attached hydrogens (tertiary/aromatic N) is 1. The van der Waals surface area contributed by atoms with Gasteiger partial charge in [0.1, 0.15) is 12.0 Å². The lowest BCUT2D eigenvalue weighted by atomic mass is 9.96. The molecule has 3 rings (SSSR count). The van der Waals surface area contributed by atoms with Crippen molar-refractivity contribution in [1.82, 2.24) is 0 Å². The van der Waals surface area contributed by atoms with E-state index in [1.807, 2.05) is 30.3 Å². The van der Waals surface area contributed by atoms with E-state index in [4.69, 9.17) is 4.74 Å². The smallest absolute Gasteiger partial charge is 0.316 e. The minimum atomic E-state index is -0.576. The lowest BCUT2D eigenvalue weighted by molar-refractivity contribution is -0.951. The van der Waals surface area contributed by atoms with Crippen LogP contribution in [0.4, 0.5) is 0 Å². The fourth-order valence-corrected chi connectivity index (χ4v) is 4.67. The molecule has 0 amide bonds. The minimum absolute atomic E-state index is 0.00795.